The van der Waals surface area contributed by atoms with Gasteiger partial charge in [-0.15, -0.1) is 11.3 Å². The van der Waals surface area contributed by atoms with Gasteiger partial charge in [-0.3, -0.25) is 14.5 Å². The van der Waals surface area contributed by atoms with Crippen molar-refractivity contribution >= 4 is 23.2 Å². The zero-order valence-corrected chi connectivity index (χ0v) is 14.4. The molecule has 2 amide bonds. The lowest BCUT2D eigenvalue weighted by Crippen LogP contribution is -2.44. The van der Waals surface area contributed by atoms with E-state index in [2.05, 4.69) is 45.9 Å². The van der Waals surface area contributed by atoms with Crippen molar-refractivity contribution in [3.05, 3.63) is 57.8 Å². The maximum atomic E-state index is 11.8. The standard InChI is InChI=1S/C18H21N3O2S/c1-19-17(22)18(23)20-11-15(16-7-4-10-24-16)21-9-8-13-5-2-3-6-14(13)12-21/h2-7,10,15H,8-9,11-12H2,1H3,(H,19,22)(H,20,23)/t15-/m0/s1. The lowest BCUT2D eigenvalue weighted by atomic mass is 9.98. The van der Waals surface area contributed by atoms with Gasteiger partial charge in [0.1, 0.15) is 0 Å². The number of fused-ring (bicyclic) bond motifs is 1. The first-order valence-electron chi connectivity index (χ1n) is 8.03. The minimum Gasteiger partial charge on any atom is -0.351 e. The van der Waals surface area contributed by atoms with Crippen molar-refractivity contribution in [3.8, 4) is 0 Å². The average Bonchev–Trinajstić information content (AvgIpc) is 3.15. The molecule has 2 aromatic rings. The quantitative estimate of drug-likeness (QED) is 0.831. The summed E-state index contributed by atoms with van der Waals surface area (Å²) in [5.41, 5.74) is 2.73. The molecule has 126 valence electrons. The van der Waals surface area contributed by atoms with Crippen molar-refractivity contribution in [1.29, 1.82) is 0 Å². The van der Waals surface area contributed by atoms with Gasteiger partial charge >= 0.3 is 11.8 Å². The molecule has 6 heteroatoms. The first-order chi connectivity index (χ1) is 11.7. The molecule has 5 nitrogen and oxygen atoms in total. The predicted octanol–water partition coefficient (Wildman–Crippen LogP) is 1.71. The summed E-state index contributed by atoms with van der Waals surface area (Å²) in [6, 6.07) is 12.7. The van der Waals surface area contributed by atoms with Crippen LogP contribution in [0.1, 0.15) is 22.0 Å². The molecule has 2 heterocycles. The highest BCUT2D eigenvalue weighted by Crippen LogP contribution is 2.29. The molecule has 0 fully saturated rings. The Morgan fingerprint density at radius 3 is 2.67 bits per heavy atom. The van der Waals surface area contributed by atoms with E-state index in [-0.39, 0.29) is 6.04 Å². The Kier molecular flexibility index (Phi) is 5.27. The second-order valence-electron chi connectivity index (χ2n) is 5.81. The van der Waals surface area contributed by atoms with Crippen LogP contribution in [0.3, 0.4) is 0 Å². The SMILES string of the molecule is CNC(=O)C(=O)NC[C@@H](c1cccs1)N1CCc2ccccc2C1. The number of nitrogens with one attached hydrogen (secondary N) is 2. The van der Waals surface area contributed by atoms with Crippen LogP contribution < -0.4 is 10.6 Å². The summed E-state index contributed by atoms with van der Waals surface area (Å²) in [4.78, 5) is 26.8. The summed E-state index contributed by atoms with van der Waals surface area (Å²) >= 11 is 1.68. The molecule has 1 aliphatic rings. The molecule has 2 N–H and O–H groups in total. The molecule has 0 unspecified atom stereocenters. The molecule has 1 atom stereocenters. The van der Waals surface area contributed by atoms with Gasteiger partial charge in [0.25, 0.3) is 0 Å². The summed E-state index contributed by atoms with van der Waals surface area (Å²) < 4.78 is 0. The van der Waals surface area contributed by atoms with Crippen molar-refractivity contribution in [1.82, 2.24) is 15.5 Å². The van der Waals surface area contributed by atoms with E-state index in [4.69, 9.17) is 0 Å². The Balaban J connectivity index is 1.74. The first kappa shape index (κ1) is 16.7. The van der Waals surface area contributed by atoms with Gasteiger partial charge < -0.3 is 10.6 Å². The number of amides is 2. The number of nitrogens with zero attached hydrogens (tertiary/aromatic N) is 1. The molecule has 1 aromatic carbocycles. The Morgan fingerprint density at radius 1 is 1.17 bits per heavy atom. The molecular weight excluding hydrogens is 322 g/mol. The molecule has 0 saturated carbocycles. The summed E-state index contributed by atoms with van der Waals surface area (Å²) in [5, 5.41) is 7.15. The second kappa shape index (κ2) is 7.59. The summed E-state index contributed by atoms with van der Waals surface area (Å²) in [6.07, 6.45) is 1.00. The maximum absolute atomic E-state index is 11.8. The van der Waals surface area contributed by atoms with Crippen LogP contribution >= 0.6 is 11.3 Å². The molecule has 1 aliphatic heterocycles. The van der Waals surface area contributed by atoms with Gasteiger partial charge in [0.2, 0.25) is 0 Å². The van der Waals surface area contributed by atoms with Gasteiger partial charge in [-0.2, -0.15) is 0 Å². The van der Waals surface area contributed by atoms with Crippen LogP contribution in [0.5, 0.6) is 0 Å². The van der Waals surface area contributed by atoms with Crippen LogP contribution in [-0.2, 0) is 22.6 Å². The zero-order chi connectivity index (χ0) is 16.9. The molecule has 24 heavy (non-hydrogen) atoms. The van der Waals surface area contributed by atoms with Crippen LogP contribution in [0.15, 0.2) is 41.8 Å². The third-order valence-corrected chi connectivity index (χ3v) is 5.34. The number of benzene rings is 1. The number of rotatable bonds is 4. The van der Waals surface area contributed by atoms with E-state index in [1.165, 1.54) is 23.1 Å². The summed E-state index contributed by atoms with van der Waals surface area (Å²) in [5.74, 6) is -1.19. The normalized spacial score (nSPS) is 15.4. The van der Waals surface area contributed by atoms with Crippen LogP contribution in [0.4, 0.5) is 0 Å². The number of hydrogen-bond donors (Lipinski definition) is 2. The number of carbonyl (C=O) groups excluding carboxylic acids is 2. The molecule has 0 spiro atoms. The molecular formula is C18H21N3O2S. The molecule has 0 aliphatic carbocycles. The smallest absolute Gasteiger partial charge is 0.309 e. The Bertz CT molecular complexity index is 715. The van der Waals surface area contributed by atoms with E-state index >= 15 is 0 Å². The van der Waals surface area contributed by atoms with E-state index in [0.29, 0.717) is 6.54 Å². The molecule has 0 radical (unpaired) electrons. The highest BCUT2D eigenvalue weighted by atomic mass is 32.1. The Labute approximate surface area is 145 Å². The number of thiophene rings is 1. The van der Waals surface area contributed by atoms with E-state index < -0.39 is 11.8 Å². The Morgan fingerprint density at radius 2 is 1.96 bits per heavy atom. The van der Waals surface area contributed by atoms with E-state index in [1.54, 1.807) is 11.3 Å². The second-order valence-corrected chi connectivity index (χ2v) is 6.79. The predicted molar refractivity (Wildman–Crippen MR) is 94.7 cm³/mol. The lowest BCUT2D eigenvalue weighted by molar-refractivity contribution is -0.139. The monoisotopic (exact) mass is 343 g/mol. The fraction of sp³-hybridized carbons (Fsp3) is 0.333. The van der Waals surface area contributed by atoms with E-state index in [9.17, 15) is 9.59 Å². The van der Waals surface area contributed by atoms with Crippen molar-refractivity contribution < 1.29 is 9.59 Å². The largest absolute Gasteiger partial charge is 0.351 e. The first-order valence-corrected chi connectivity index (χ1v) is 8.91. The van der Waals surface area contributed by atoms with Gasteiger partial charge in [-0.1, -0.05) is 30.3 Å². The van der Waals surface area contributed by atoms with E-state index in [0.717, 1.165) is 19.5 Å². The molecule has 0 saturated heterocycles. The minimum atomic E-state index is -0.607. The topological polar surface area (TPSA) is 61.4 Å². The maximum Gasteiger partial charge on any atom is 0.309 e. The fourth-order valence-corrected chi connectivity index (χ4v) is 3.92. The molecule has 3 rings (SSSR count). The fourth-order valence-electron chi connectivity index (χ4n) is 3.06. The van der Waals surface area contributed by atoms with Crippen molar-refractivity contribution in [2.45, 2.75) is 19.0 Å². The highest BCUT2D eigenvalue weighted by molar-refractivity contribution is 7.10. The number of hydrogen-bond acceptors (Lipinski definition) is 4. The minimum absolute atomic E-state index is 0.0759. The third-order valence-electron chi connectivity index (χ3n) is 4.36. The number of carbonyl (C=O) groups is 2. The number of likely N-dealkylation sites (N-methyl/N-ethyl adjacent to an activating group) is 1. The van der Waals surface area contributed by atoms with Crippen LogP contribution in [0.2, 0.25) is 0 Å². The van der Waals surface area contributed by atoms with Gasteiger partial charge in [0, 0.05) is 31.6 Å². The van der Waals surface area contributed by atoms with E-state index in [1.807, 2.05) is 11.4 Å². The van der Waals surface area contributed by atoms with Crippen LogP contribution in [-0.4, -0.2) is 36.9 Å². The van der Waals surface area contributed by atoms with Crippen molar-refractivity contribution in [2.24, 2.45) is 0 Å². The van der Waals surface area contributed by atoms with Gasteiger partial charge in [0.15, 0.2) is 0 Å². The van der Waals surface area contributed by atoms with Crippen molar-refractivity contribution in [2.75, 3.05) is 20.1 Å². The Hall–Kier alpha value is -2.18. The van der Waals surface area contributed by atoms with Gasteiger partial charge in [-0.05, 0) is 29.0 Å². The lowest BCUT2D eigenvalue weighted by Gasteiger charge is -2.35. The summed E-state index contributed by atoms with van der Waals surface area (Å²) in [7, 11) is 1.46. The highest BCUT2D eigenvalue weighted by Gasteiger charge is 2.26. The van der Waals surface area contributed by atoms with Gasteiger partial charge in [0.05, 0.1) is 6.04 Å². The molecule has 0 bridgehead atoms. The zero-order valence-electron chi connectivity index (χ0n) is 13.6. The molecule has 1 aromatic heterocycles. The van der Waals surface area contributed by atoms with Crippen LogP contribution in [0, 0.1) is 0 Å². The van der Waals surface area contributed by atoms with Crippen molar-refractivity contribution in [3.63, 3.8) is 0 Å². The van der Waals surface area contributed by atoms with Gasteiger partial charge in [-0.25, -0.2) is 0 Å². The van der Waals surface area contributed by atoms with Crippen LogP contribution in [0.25, 0.3) is 0 Å². The average molecular weight is 343 g/mol. The summed E-state index contributed by atoms with van der Waals surface area (Å²) in [6.45, 7) is 2.22. The third kappa shape index (κ3) is 3.66.